The molecule has 3 rings (SSSR count). The van der Waals surface area contributed by atoms with Crippen LogP contribution in [0.25, 0.3) is 0 Å². The van der Waals surface area contributed by atoms with Crippen molar-refractivity contribution in [2.24, 2.45) is 0 Å². The van der Waals surface area contributed by atoms with E-state index in [9.17, 15) is 19.8 Å². The van der Waals surface area contributed by atoms with Gasteiger partial charge in [-0.15, -0.1) is 23.5 Å². The molecule has 0 saturated heterocycles. The highest BCUT2D eigenvalue weighted by molar-refractivity contribution is 7.99. The second kappa shape index (κ2) is 11.4. The first kappa shape index (κ1) is 22.7. The van der Waals surface area contributed by atoms with Gasteiger partial charge in [-0.1, -0.05) is 36.4 Å². The average molecular weight is 447 g/mol. The Balaban J connectivity index is 1.85. The molecule has 2 aromatic rings. The van der Waals surface area contributed by atoms with Crippen LogP contribution < -0.4 is 0 Å². The van der Waals surface area contributed by atoms with Gasteiger partial charge in [0.15, 0.2) is 0 Å². The second-order valence-corrected chi connectivity index (χ2v) is 9.39. The summed E-state index contributed by atoms with van der Waals surface area (Å²) in [6.45, 7) is 2.49. The number of carbonyl (C=O) groups is 2. The Labute approximate surface area is 185 Å². The largest absolute Gasteiger partial charge is 0.480 e. The smallest absolute Gasteiger partial charge is 0.317 e. The third-order valence-electron chi connectivity index (χ3n) is 4.78. The fourth-order valence-electron chi connectivity index (χ4n) is 3.41. The van der Waals surface area contributed by atoms with Crippen molar-refractivity contribution in [2.45, 2.75) is 22.9 Å². The summed E-state index contributed by atoms with van der Waals surface area (Å²) >= 11 is 3.39. The van der Waals surface area contributed by atoms with Crippen LogP contribution in [-0.2, 0) is 22.7 Å². The second-order valence-electron chi connectivity index (χ2n) is 7.12. The Morgan fingerprint density at radius 1 is 0.733 bits per heavy atom. The summed E-state index contributed by atoms with van der Waals surface area (Å²) < 4.78 is 0. The summed E-state index contributed by atoms with van der Waals surface area (Å²) in [5.74, 6) is -0.121. The third-order valence-corrected chi connectivity index (χ3v) is 6.97. The molecule has 2 aromatic carbocycles. The number of benzene rings is 2. The van der Waals surface area contributed by atoms with Crippen molar-refractivity contribution in [3.8, 4) is 0 Å². The van der Waals surface area contributed by atoms with Gasteiger partial charge >= 0.3 is 11.9 Å². The summed E-state index contributed by atoms with van der Waals surface area (Å²) in [6, 6.07) is 16.1. The molecule has 8 heteroatoms. The molecule has 0 atom stereocenters. The zero-order chi connectivity index (χ0) is 21.3. The molecule has 0 amide bonds. The lowest BCUT2D eigenvalue weighted by molar-refractivity contribution is -0.139. The van der Waals surface area contributed by atoms with E-state index >= 15 is 0 Å². The molecule has 0 saturated carbocycles. The van der Waals surface area contributed by atoms with Gasteiger partial charge in [0, 0.05) is 47.5 Å². The van der Waals surface area contributed by atoms with E-state index in [-0.39, 0.29) is 13.1 Å². The molecule has 0 radical (unpaired) electrons. The molecule has 6 nitrogen and oxygen atoms in total. The van der Waals surface area contributed by atoms with E-state index in [1.54, 1.807) is 23.5 Å². The molecular formula is C22H26N2O4S2. The van der Waals surface area contributed by atoms with Crippen LogP contribution >= 0.6 is 23.5 Å². The van der Waals surface area contributed by atoms with Gasteiger partial charge in [0.05, 0.1) is 13.1 Å². The van der Waals surface area contributed by atoms with Crippen LogP contribution in [0, 0.1) is 0 Å². The van der Waals surface area contributed by atoms with Crippen molar-refractivity contribution in [1.82, 2.24) is 9.80 Å². The van der Waals surface area contributed by atoms with Gasteiger partial charge in [-0.25, -0.2) is 0 Å². The predicted octanol–water partition coefficient (Wildman–Crippen LogP) is 3.36. The molecule has 2 N–H and O–H groups in total. The first-order valence-electron chi connectivity index (χ1n) is 9.81. The lowest BCUT2D eigenvalue weighted by Crippen LogP contribution is -2.32. The van der Waals surface area contributed by atoms with E-state index in [1.807, 2.05) is 46.2 Å². The topological polar surface area (TPSA) is 81.1 Å². The molecule has 1 heterocycles. The number of fused-ring (bicyclic) bond motifs is 2. The molecule has 30 heavy (non-hydrogen) atoms. The predicted molar refractivity (Wildman–Crippen MR) is 120 cm³/mol. The molecule has 0 spiro atoms. The number of carboxylic acids is 2. The minimum Gasteiger partial charge on any atom is -0.480 e. The first-order chi connectivity index (χ1) is 14.5. The zero-order valence-corrected chi connectivity index (χ0v) is 18.3. The van der Waals surface area contributed by atoms with E-state index in [1.165, 1.54) is 0 Å². The number of aliphatic carboxylic acids is 2. The van der Waals surface area contributed by atoms with Crippen LogP contribution in [-0.4, -0.2) is 69.6 Å². The summed E-state index contributed by atoms with van der Waals surface area (Å²) in [4.78, 5) is 28.9. The van der Waals surface area contributed by atoms with Crippen LogP contribution in [0.1, 0.15) is 11.1 Å². The highest BCUT2D eigenvalue weighted by Crippen LogP contribution is 2.27. The Hall–Kier alpha value is -2.00. The van der Waals surface area contributed by atoms with Gasteiger partial charge in [-0.05, 0) is 23.3 Å². The molecule has 0 unspecified atom stereocenters. The fraction of sp³-hybridized carbons (Fsp3) is 0.364. The van der Waals surface area contributed by atoms with Crippen LogP contribution in [0.5, 0.6) is 0 Å². The van der Waals surface area contributed by atoms with Gasteiger partial charge < -0.3 is 10.2 Å². The molecule has 1 aliphatic heterocycles. The maximum Gasteiger partial charge on any atom is 0.317 e. The quantitative estimate of drug-likeness (QED) is 0.740. The molecule has 0 fully saturated rings. The van der Waals surface area contributed by atoms with E-state index in [0.29, 0.717) is 26.2 Å². The Morgan fingerprint density at radius 3 is 1.53 bits per heavy atom. The van der Waals surface area contributed by atoms with Gasteiger partial charge in [0.2, 0.25) is 0 Å². The third kappa shape index (κ3) is 7.05. The van der Waals surface area contributed by atoms with E-state index in [0.717, 1.165) is 32.4 Å². The summed E-state index contributed by atoms with van der Waals surface area (Å²) in [7, 11) is 0. The van der Waals surface area contributed by atoms with Gasteiger partial charge in [-0.3, -0.25) is 19.4 Å². The SMILES string of the molecule is O=C(O)CN1CCSc2ccccc2CN(CC(=O)O)CCSc2ccccc2C1. The molecular weight excluding hydrogens is 420 g/mol. The van der Waals surface area contributed by atoms with Crippen LogP contribution in [0.4, 0.5) is 0 Å². The lowest BCUT2D eigenvalue weighted by Gasteiger charge is -2.25. The van der Waals surface area contributed by atoms with Gasteiger partial charge in [-0.2, -0.15) is 0 Å². The minimum absolute atomic E-state index is 0.00754. The first-order valence-corrected chi connectivity index (χ1v) is 11.8. The summed E-state index contributed by atoms with van der Waals surface area (Å²) in [5.41, 5.74) is 2.21. The number of nitrogens with zero attached hydrogens (tertiary/aromatic N) is 2. The van der Waals surface area contributed by atoms with Crippen LogP contribution in [0.2, 0.25) is 0 Å². The number of hydrogen-bond acceptors (Lipinski definition) is 6. The normalized spacial score (nSPS) is 16.8. The number of carboxylic acid groups (broad SMARTS) is 2. The lowest BCUT2D eigenvalue weighted by atomic mass is 10.2. The number of hydrogen-bond donors (Lipinski definition) is 2. The Morgan fingerprint density at radius 2 is 1.13 bits per heavy atom. The molecule has 0 bridgehead atoms. The Kier molecular flexibility index (Phi) is 8.62. The van der Waals surface area contributed by atoms with E-state index in [4.69, 9.17) is 0 Å². The average Bonchev–Trinajstić information content (AvgIpc) is 2.69. The molecule has 1 aliphatic rings. The van der Waals surface area contributed by atoms with E-state index in [2.05, 4.69) is 12.1 Å². The van der Waals surface area contributed by atoms with Crippen molar-refractivity contribution in [1.29, 1.82) is 0 Å². The van der Waals surface area contributed by atoms with Crippen LogP contribution in [0.15, 0.2) is 58.3 Å². The van der Waals surface area contributed by atoms with Crippen molar-refractivity contribution in [3.05, 3.63) is 59.7 Å². The molecule has 0 aliphatic carbocycles. The van der Waals surface area contributed by atoms with E-state index < -0.39 is 11.9 Å². The van der Waals surface area contributed by atoms with Crippen molar-refractivity contribution < 1.29 is 19.8 Å². The van der Waals surface area contributed by atoms with Crippen molar-refractivity contribution in [2.75, 3.05) is 37.7 Å². The molecule has 160 valence electrons. The maximum absolute atomic E-state index is 11.4. The number of rotatable bonds is 4. The fourth-order valence-corrected chi connectivity index (χ4v) is 5.54. The maximum atomic E-state index is 11.4. The van der Waals surface area contributed by atoms with Crippen molar-refractivity contribution >= 4 is 35.5 Å². The minimum atomic E-state index is -0.823. The molecule has 0 aromatic heterocycles. The van der Waals surface area contributed by atoms with Crippen molar-refractivity contribution in [3.63, 3.8) is 0 Å². The van der Waals surface area contributed by atoms with Gasteiger partial charge in [0.1, 0.15) is 0 Å². The summed E-state index contributed by atoms with van der Waals surface area (Å²) in [6.07, 6.45) is 0. The highest BCUT2D eigenvalue weighted by atomic mass is 32.2. The van der Waals surface area contributed by atoms with Crippen LogP contribution in [0.3, 0.4) is 0 Å². The van der Waals surface area contributed by atoms with Gasteiger partial charge in [0.25, 0.3) is 0 Å². The zero-order valence-electron chi connectivity index (χ0n) is 16.7. The highest BCUT2D eigenvalue weighted by Gasteiger charge is 2.17. The monoisotopic (exact) mass is 446 g/mol. The number of thioether (sulfide) groups is 2. The Bertz CT molecular complexity index is 806. The standard InChI is InChI=1S/C22H26N2O4S2/c25-21(26)15-23-9-12-30-20-8-4-2-6-18(20)14-24(16-22(27)28)10-11-29-19-7-3-1-5-17(19)13-23/h1-8H,9-16H2,(H,25,26)(H,27,28). The summed E-state index contributed by atoms with van der Waals surface area (Å²) in [5, 5.41) is 18.7.